The van der Waals surface area contributed by atoms with Crippen molar-refractivity contribution in [3.8, 4) is 5.75 Å². The lowest BCUT2D eigenvalue weighted by molar-refractivity contribution is -0.127. The van der Waals surface area contributed by atoms with Gasteiger partial charge in [-0.3, -0.25) is 19.3 Å². The maximum atomic E-state index is 13.2. The molecule has 0 spiro atoms. The number of nitrogens with zero attached hydrogens (tertiary/aromatic N) is 2. The molecular formula is C29H24Br2FN3O5S. The Kier molecular flexibility index (Phi) is 9.43. The number of nitrogens with one attached hydrogen (secondary N) is 1. The second-order valence-corrected chi connectivity index (χ2v) is 11.9. The monoisotopic (exact) mass is 703 g/mol. The minimum atomic E-state index is -0.541. The summed E-state index contributed by atoms with van der Waals surface area (Å²) in [7, 11) is 0. The van der Waals surface area contributed by atoms with E-state index in [9.17, 15) is 18.8 Å². The number of thioether (sulfide) groups is 1. The van der Waals surface area contributed by atoms with Gasteiger partial charge in [0.15, 0.2) is 0 Å². The molecular weight excluding hydrogens is 681 g/mol. The largest absolute Gasteiger partial charge is 0.487 e. The second kappa shape index (κ2) is 13.2. The van der Waals surface area contributed by atoms with Crippen LogP contribution >= 0.6 is 43.6 Å². The second-order valence-electron chi connectivity index (χ2n) is 9.16. The number of carbonyl (C=O) groups is 3. The predicted octanol–water partition coefficient (Wildman–Crippen LogP) is 6.44. The van der Waals surface area contributed by atoms with Gasteiger partial charge < -0.3 is 19.7 Å². The van der Waals surface area contributed by atoms with Gasteiger partial charge in [-0.25, -0.2) is 4.39 Å². The van der Waals surface area contributed by atoms with Crippen molar-refractivity contribution in [3.05, 3.63) is 91.5 Å². The number of hydrogen-bond acceptors (Lipinski definition) is 7. The first-order valence-electron chi connectivity index (χ1n) is 12.6. The van der Waals surface area contributed by atoms with Gasteiger partial charge in [-0.1, -0.05) is 24.3 Å². The van der Waals surface area contributed by atoms with Crippen molar-refractivity contribution in [2.75, 3.05) is 43.1 Å². The number of carbonyl (C=O) groups excluding carboxylic acids is 3. The summed E-state index contributed by atoms with van der Waals surface area (Å²) in [5, 5.41) is 2.33. The molecule has 0 bridgehead atoms. The lowest BCUT2D eigenvalue weighted by Gasteiger charge is -2.30. The Morgan fingerprint density at radius 3 is 2.44 bits per heavy atom. The van der Waals surface area contributed by atoms with Crippen LogP contribution in [0.2, 0.25) is 0 Å². The number of benzene rings is 3. The van der Waals surface area contributed by atoms with E-state index in [2.05, 4.69) is 42.1 Å². The number of imide groups is 1. The van der Waals surface area contributed by atoms with Crippen LogP contribution in [0.5, 0.6) is 5.75 Å². The Labute approximate surface area is 257 Å². The maximum Gasteiger partial charge on any atom is 0.294 e. The number of halogens is 3. The molecule has 0 unspecified atom stereocenters. The highest BCUT2D eigenvalue weighted by molar-refractivity contribution is 9.11. The van der Waals surface area contributed by atoms with Crippen LogP contribution in [0.1, 0.15) is 11.1 Å². The van der Waals surface area contributed by atoms with Crippen molar-refractivity contribution >= 4 is 78.1 Å². The Morgan fingerprint density at radius 1 is 1.05 bits per heavy atom. The molecule has 0 aromatic heterocycles. The van der Waals surface area contributed by atoms with Crippen LogP contribution in [0.15, 0.2) is 74.5 Å². The molecule has 3 amide bonds. The summed E-state index contributed by atoms with van der Waals surface area (Å²) in [6.45, 7) is 2.44. The number of anilines is 2. The average molecular weight is 705 g/mol. The van der Waals surface area contributed by atoms with E-state index in [1.807, 2.05) is 18.2 Å². The van der Waals surface area contributed by atoms with Crippen LogP contribution < -0.4 is 15.0 Å². The van der Waals surface area contributed by atoms with Gasteiger partial charge in [0.25, 0.3) is 11.1 Å². The fraction of sp³-hybridized carbons (Fsp3) is 0.207. The summed E-state index contributed by atoms with van der Waals surface area (Å²) >= 11 is 7.77. The van der Waals surface area contributed by atoms with Crippen LogP contribution in [0, 0.1) is 5.82 Å². The molecule has 0 atom stereocenters. The lowest BCUT2D eigenvalue weighted by Crippen LogP contribution is -2.38. The van der Waals surface area contributed by atoms with Gasteiger partial charge in [0.1, 0.15) is 24.7 Å². The molecule has 2 aliphatic heterocycles. The lowest BCUT2D eigenvalue weighted by atomic mass is 10.2. The molecule has 12 heteroatoms. The summed E-state index contributed by atoms with van der Waals surface area (Å²) in [6.07, 6.45) is 1.59. The fourth-order valence-electron chi connectivity index (χ4n) is 4.32. The first kappa shape index (κ1) is 29.3. The molecule has 5 rings (SSSR count). The third kappa shape index (κ3) is 7.18. The molecule has 3 aromatic rings. The Bertz CT molecular complexity index is 1490. The number of rotatable bonds is 8. The standard InChI is InChI=1S/C29H24Br2FN3O5S/c30-21-13-19(14-22(31)27(21)40-17-18-5-7-20(32)8-6-18)15-25-28(37)35(29(38)41-25)16-26(36)33-23-3-1-2-4-24(23)34-9-11-39-12-10-34/h1-8,13-15H,9-12,16-17H2,(H,33,36)/b25-15+. The SMILES string of the molecule is O=C(CN1C(=O)S/C(=C/c2cc(Br)c(OCc3ccc(F)cc3)c(Br)c2)C1=O)Nc1ccccc1N1CCOCC1. The third-order valence-corrected chi connectivity index (χ3v) is 8.41. The van der Waals surface area contributed by atoms with E-state index in [0.29, 0.717) is 52.2 Å². The van der Waals surface area contributed by atoms with Crippen LogP contribution in [0.4, 0.5) is 20.6 Å². The zero-order chi connectivity index (χ0) is 28.9. The minimum Gasteiger partial charge on any atom is -0.487 e. The molecule has 41 heavy (non-hydrogen) atoms. The highest BCUT2D eigenvalue weighted by Gasteiger charge is 2.36. The van der Waals surface area contributed by atoms with E-state index in [1.54, 1.807) is 36.4 Å². The topological polar surface area (TPSA) is 88.2 Å². The highest BCUT2D eigenvalue weighted by atomic mass is 79.9. The Hall–Kier alpha value is -3.19. The van der Waals surface area contributed by atoms with Gasteiger partial charge in [0, 0.05) is 13.1 Å². The van der Waals surface area contributed by atoms with E-state index in [-0.39, 0.29) is 17.3 Å². The predicted molar refractivity (Wildman–Crippen MR) is 163 cm³/mol. The van der Waals surface area contributed by atoms with Crippen LogP contribution in [-0.2, 0) is 20.9 Å². The van der Waals surface area contributed by atoms with Gasteiger partial charge in [-0.05, 0) is 97.2 Å². The summed E-state index contributed by atoms with van der Waals surface area (Å²) in [5.41, 5.74) is 2.92. The molecule has 2 heterocycles. The van der Waals surface area contributed by atoms with Gasteiger partial charge >= 0.3 is 0 Å². The number of morpholine rings is 1. The summed E-state index contributed by atoms with van der Waals surface area (Å²) in [4.78, 5) is 41.9. The van der Waals surface area contributed by atoms with Crippen molar-refractivity contribution in [1.82, 2.24) is 4.90 Å². The first-order valence-corrected chi connectivity index (χ1v) is 15.0. The van der Waals surface area contributed by atoms with Gasteiger partial charge in [-0.2, -0.15) is 0 Å². The number of amides is 3. The average Bonchev–Trinajstić information content (AvgIpc) is 3.21. The van der Waals surface area contributed by atoms with Gasteiger partial charge in [0.2, 0.25) is 5.91 Å². The molecule has 2 aliphatic rings. The van der Waals surface area contributed by atoms with Gasteiger partial charge in [0.05, 0.1) is 38.4 Å². The normalized spacial score (nSPS) is 16.4. The third-order valence-electron chi connectivity index (χ3n) is 6.32. The molecule has 8 nitrogen and oxygen atoms in total. The van der Waals surface area contributed by atoms with Crippen LogP contribution in [-0.4, -0.2) is 54.8 Å². The van der Waals surface area contributed by atoms with Gasteiger partial charge in [-0.15, -0.1) is 0 Å². The van der Waals surface area contributed by atoms with Crippen molar-refractivity contribution in [1.29, 1.82) is 0 Å². The highest BCUT2D eigenvalue weighted by Crippen LogP contribution is 2.38. The minimum absolute atomic E-state index is 0.204. The van der Waals surface area contributed by atoms with Crippen LogP contribution in [0.25, 0.3) is 6.08 Å². The fourth-order valence-corrected chi connectivity index (χ4v) is 6.61. The van der Waals surface area contributed by atoms with E-state index in [1.165, 1.54) is 12.1 Å². The van der Waals surface area contributed by atoms with Crippen molar-refractivity contribution in [3.63, 3.8) is 0 Å². The maximum absolute atomic E-state index is 13.2. The smallest absolute Gasteiger partial charge is 0.294 e. The Morgan fingerprint density at radius 2 is 1.73 bits per heavy atom. The van der Waals surface area contributed by atoms with Crippen molar-refractivity contribution < 1.29 is 28.2 Å². The van der Waals surface area contributed by atoms with E-state index in [4.69, 9.17) is 9.47 Å². The number of hydrogen-bond donors (Lipinski definition) is 1. The van der Waals surface area contributed by atoms with Crippen molar-refractivity contribution in [2.45, 2.75) is 6.61 Å². The summed E-state index contributed by atoms with van der Waals surface area (Å²) in [5.74, 6) is -0.795. The Balaban J connectivity index is 1.24. The van der Waals surface area contributed by atoms with Crippen molar-refractivity contribution in [2.24, 2.45) is 0 Å². The molecule has 212 valence electrons. The molecule has 2 fully saturated rings. The van der Waals surface area contributed by atoms with E-state index < -0.39 is 23.6 Å². The van der Waals surface area contributed by atoms with E-state index >= 15 is 0 Å². The zero-order valence-electron chi connectivity index (χ0n) is 21.6. The first-order chi connectivity index (χ1) is 19.8. The summed E-state index contributed by atoms with van der Waals surface area (Å²) in [6, 6.07) is 17.0. The molecule has 1 N–H and O–H groups in total. The molecule has 0 aliphatic carbocycles. The summed E-state index contributed by atoms with van der Waals surface area (Å²) < 4.78 is 25.7. The quantitative estimate of drug-likeness (QED) is 0.270. The van der Waals surface area contributed by atoms with Crippen LogP contribution in [0.3, 0.4) is 0 Å². The number of ether oxygens (including phenoxy) is 2. The number of para-hydroxylation sites is 2. The molecule has 2 saturated heterocycles. The molecule has 0 radical (unpaired) electrons. The van der Waals surface area contributed by atoms with E-state index in [0.717, 1.165) is 27.9 Å². The zero-order valence-corrected chi connectivity index (χ0v) is 25.6. The molecule has 3 aromatic carbocycles. The molecule has 0 saturated carbocycles.